The number of nitrogens with one attached hydrogen (secondary N) is 2. The van der Waals surface area contributed by atoms with Crippen LogP contribution in [0, 0.1) is 11.3 Å². The molecule has 0 radical (unpaired) electrons. The summed E-state index contributed by atoms with van der Waals surface area (Å²) in [6.07, 6.45) is 2.04. The Morgan fingerprint density at radius 3 is 2.52 bits per heavy atom. The third-order valence-corrected chi connectivity index (χ3v) is 5.14. The Labute approximate surface area is 183 Å². The number of nitriles is 1. The molecule has 0 unspecified atom stereocenters. The van der Waals surface area contributed by atoms with E-state index < -0.39 is 17.6 Å². The second kappa shape index (κ2) is 9.76. The normalized spacial score (nSPS) is 16.9. The monoisotopic (exact) mass is 419 g/mol. The number of nitrogens with zero attached hydrogens (tertiary/aromatic N) is 1. The van der Waals surface area contributed by atoms with E-state index in [2.05, 4.69) is 16.7 Å². The van der Waals surface area contributed by atoms with Crippen molar-refractivity contribution in [2.75, 3.05) is 6.54 Å². The lowest BCUT2D eigenvalue weighted by Gasteiger charge is -2.25. The van der Waals surface area contributed by atoms with Crippen LogP contribution in [0.5, 0.6) is 0 Å². The van der Waals surface area contributed by atoms with Crippen LogP contribution >= 0.6 is 0 Å². The highest BCUT2D eigenvalue weighted by molar-refractivity contribution is 5.88. The molecule has 0 aromatic heterocycles. The molecule has 2 N–H and O–H groups in total. The van der Waals surface area contributed by atoms with Gasteiger partial charge in [-0.2, -0.15) is 5.26 Å². The summed E-state index contributed by atoms with van der Waals surface area (Å²) in [6.45, 7) is 6.23. The van der Waals surface area contributed by atoms with Gasteiger partial charge in [-0.05, 0) is 62.9 Å². The molecular formula is C25H29N3O3. The van der Waals surface area contributed by atoms with E-state index in [-0.39, 0.29) is 11.9 Å². The van der Waals surface area contributed by atoms with Gasteiger partial charge in [-0.25, -0.2) is 4.79 Å². The van der Waals surface area contributed by atoms with Gasteiger partial charge in [0.1, 0.15) is 11.6 Å². The Hall–Kier alpha value is -3.17. The van der Waals surface area contributed by atoms with Crippen LogP contribution in [0.4, 0.5) is 0 Å². The van der Waals surface area contributed by atoms with Crippen LogP contribution in [0.1, 0.15) is 44.7 Å². The summed E-state index contributed by atoms with van der Waals surface area (Å²) in [4.78, 5) is 25.4. The molecule has 2 aromatic carbocycles. The molecule has 0 bridgehead atoms. The molecule has 1 fully saturated rings. The first kappa shape index (κ1) is 22.5. The van der Waals surface area contributed by atoms with Crippen LogP contribution in [0.3, 0.4) is 0 Å². The molecule has 1 aliphatic heterocycles. The van der Waals surface area contributed by atoms with E-state index in [1.165, 1.54) is 0 Å². The molecule has 3 rings (SSSR count). The van der Waals surface area contributed by atoms with Crippen LogP contribution in [-0.2, 0) is 20.7 Å². The van der Waals surface area contributed by atoms with Crippen LogP contribution < -0.4 is 10.6 Å². The summed E-state index contributed by atoms with van der Waals surface area (Å²) in [6, 6.07) is 16.3. The summed E-state index contributed by atoms with van der Waals surface area (Å²) in [5.41, 5.74) is 2.65. The van der Waals surface area contributed by atoms with Crippen molar-refractivity contribution in [3.05, 3.63) is 59.7 Å². The van der Waals surface area contributed by atoms with Gasteiger partial charge in [0, 0.05) is 6.42 Å². The van der Waals surface area contributed by atoms with Crippen molar-refractivity contribution < 1.29 is 14.3 Å². The maximum absolute atomic E-state index is 12.8. The average molecular weight is 420 g/mol. The molecular weight excluding hydrogens is 390 g/mol. The fourth-order valence-corrected chi connectivity index (χ4v) is 3.64. The fourth-order valence-electron chi connectivity index (χ4n) is 3.64. The van der Waals surface area contributed by atoms with Crippen molar-refractivity contribution >= 4 is 11.9 Å². The van der Waals surface area contributed by atoms with Gasteiger partial charge in [-0.3, -0.25) is 4.79 Å². The smallest absolute Gasteiger partial charge is 0.329 e. The van der Waals surface area contributed by atoms with Gasteiger partial charge in [0.25, 0.3) is 0 Å². The molecule has 2 aromatic rings. The quantitative estimate of drug-likeness (QED) is 0.701. The highest BCUT2D eigenvalue weighted by Gasteiger charge is 2.30. The van der Waals surface area contributed by atoms with Gasteiger partial charge >= 0.3 is 5.97 Å². The van der Waals surface area contributed by atoms with Crippen LogP contribution in [0.2, 0.25) is 0 Å². The zero-order valence-corrected chi connectivity index (χ0v) is 18.3. The first-order valence-electron chi connectivity index (χ1n) is 10.6. The SMILES string of the molecule is CC(C)(C)OC(=O)[C@H](Cc1ccc(-c2ccccc2C#N)cc1)NC(=O)[C@@H]1CCCN1. The standard InChI is InChI=1S/C25H29N3O3/c1-25(2,3)31-24(30)22(28-23(29)21-9-6-14-27-21)15-17-10-12-18(13-11-17)20-8-5-4-7-19(20)16-26/h4-5,7-8,10-13,21-22,27H,6,9,14-15H2,1-3H3,(H,28,29)/t21-,22-/m0/s1. The Morgan fingerprint density at radius 2 is 1.90 bits per heavy atom. The number of hydrogen-bond donors (Lipinski definition) is 2. The number of amides is 1. The lowest BCUT2D eigenvalue weighted by atomic mass is 9.97. The van der Waals surface area contributed by atoms with E-state index in [0.29, 0.717) is 12.0 Å². The molecule has 0 aliphatic carbocycles. The minimum absolute atomic E-state index is 0.173. The molecule has 2 atom stereocenters. The predicted molar refractivity (Wildman–Crippen MR) is 119 cm³/mol. The molecule has 0 saturated carbocycles. The number of carbonyl (C=O) groups excluding carboxylic acids is 2. The minimum Gasteiger partial charge on any atom is -0.458 e. The van der Waals surface area contributed by atoms with E-state index in [4.69, 9.17) is 4.74 Å². The van der Waals surface area contributed by atoms with Crippen molar-refractivity contribution in [3.8, 4) is 17.2 Å². The van der Waals surface area contributed by atoms with Crippen molar-refractivity contribution in [3.63, 3.8) is 0 Å². The highest BCUT2D eigenvalue weighted by Crippen LogP contribution is 2.24. The Bertz CT molecular complexity index is 965. The van der Waals surface area contributed by atoms with Gasteiger partial charge < -0.3 is 15.4 Å². The van der Waals surface area contributed by atoms with E-state index in [1.807, 2.05) is 63.2 Å². The molecule has 1 amide bonds. The largest absolute Gasteiger partial charge is 0.458 e. The Kier molecular flexibility index (Phi) is 7.09. The molecule has 1 heterocycles. The van der Waals surface area contributed by atoms with Gasteiger partial charge in [-0.15, -0.1) is 0 Å². The third kappa shape index (κ3) is 6.16. The second-order valence-electron chi connectivity index (χ2n) is 8.80. The van der Waals surface area contributed by atoms with Crippen molar-refractivity contribution in [2.45, 2.75) is 57.7 Å². The number of carbonyl (C=O) groups is 2. The van der Waals surface area contributed by atoms with Crippen LogP contribution in [0.15, 0.2) is 48.5 Å². The summed E-state index contributed by atoms with van der Waals surface area (Å²) in [7, 11) is 0. The summed E-state index contributed by atoms with van der Waals surface area (Å²) in [5.74, 6) is -0.620. The van der Waals surface area contributed by atoms with Crippen molar-refractivity contribution in [1.29, 1.82) is 5.26 Å². The highest BCUT2D eigenvalue weighted by atomic mass is 16.6. The Morgan fingerprint density at radius 1 is 1.19 bits per heavy atom. The summed E-state index contributed by atoms with van der Waals surface area (Å²) >= 11 is 0. The van der Waals surface area contributed by atoms with E-state index in [0.717, 1.165) is 36.1 Å². The van der Waals surface area contributed by atoms with Gasteiger partial charge in [-0.1, -0.05) is 42.5 Å². The number of esters is 1. The lowest BCUT2D eigenvalue weighted by molar-refractivity contribution is -0.158. The molecule has 6 nitrogen and oxygen atoms in total. The number of rotatable bonds is 6. The molecule has 1 saturated heterocycles. The Balaban J connectivity index is 1.77. The molecule has 6 heteroatoms. The predicted octanol–water partition coefficient (Wildman–Crippen LogP) is 3.35. The second-order valence-corrected chi connectivity index (χ2v) is 8.80. The van der Waals surface area contributed by atoms with Crippen LogP contribution in [-0.4, -0.2) is 36.1 Å². The fraction of sp³-hybridized carbons (Fsp3) is 0.400. The molecule has 31 heavy (non-hydrogen) atoms. The van der Waals surface area contributed by atoms with Crippen molar-refractivity contribution in [1.82, 2.24) is 10.6 Å². The maximum atomic E-state index is 12.8. The van der Waals surface area contributed by atoms with Crippen molar-refractivity contribution in [2.24, 2.45) is 0 Å². The first-order valence-corrected chi connectivity index (χ1v) is 10.6. The lowest BCUT2D eigenvalue weighted by Crippen LogP contribution is -2.50. The van der Waals surface area contributed by atoms with Crippen LogP contribution in [0.25, 0.3) is 11.1 Å². The third-order valence-electron chi connectivity index (χ3n) is 5.14. The topological polar surface area (TPSA) is 91.2 Å². The van der Waals surface area contributed by atoms with E-state index in [9.17, 15) is 14.9 Å². The number of hydrogen-bond acceptors (Lipinski definition) is 5. The first-order chi connectivity index (χ1) is 14.8. The zero-order valence-electron chi connectivity index (χ0n) is 18.3. The zero-order chi connectivity index (χ0) is 22.4. The molecule has 1 aliphatic rings. The summed E-state index contributed by atoms with van der Waals surface area (Å²) < 4.78 is 5.55. The number of benzene rings is 2. The van der Waals surface area contributed by atoms with Gasteiger partial charge in [0.05, 0.1) is 17.7 Å². The van der Waals surface area contributed by atoms with E-state index >= 15 is 0 Å². The average Bonchev–Trinajstić information content (AvgIpc) is 3.27. The number of ether oxygens (including phenoxy) is 1. The molecule has 0 spiro atoms. The summed E-state index contributed by atoms with van der Waals surface area (Å²) in [5, 5.41) is 15.4. The van der Waals surface area contributed by atoms with E-state index in [1.54, 1.807) is 6.07 Å². The van der Waals surface area contributed by atoms with Gasteiger partial charge in [0.15, 0.2) is 0 Å². The minimum atomic E-state index is -0.772. The maximum Gasteiger partial charge on any atom is 0.329 e. The van der Waals surface area contributed by atoms with Gasteiger partial charge in [0.2, 0.25) is 5.91 Å². The molecule has 162 valence electrons.